The van der Waals surface area contributed by atoms with Gasteiger partial charge in [0, 0.05) is 24.7 Å². The highest BCUT2D eigenvalue weighted by atomic mass is 16.6. The molecule has 0 spiro atoms. The number of hydrogen-bond donors (Lipinski definition) is 3. The smallest absolute Gasteiger partial charge is 0.407 e. The van der Waals surface area contributed by atoms with Crippen molar-refractivity contribution in [3.8, 4) is 0 Å². The van der Waals surface area contributed by atoms with Crippen LogP contribution in [0.3, 0.4) is 0 Å². The van der Waals surface area contributed by atoms with E-state index in [9.17, 15) is 19.5 Å². The Morgan fingerprint density at radius 3 is 2.00 bits per heavy atom. The van der Waals surface area contributed by atoms with Crippen molar-refractivity contribution in [3.63, 3.8) is 0 Å². The van der Waals surface area contributed by atoms with Crippen molar-refractivity contribution in [1.82, 2.24) is 15.5 Å². The third kappa shape index (κ3) is 9.24. The molecule has 2 saturated carbocycles. The number of carbonyl (C=O) groups is 3. The second kappa shape index (κ2) is 12.8. The van der Waals surface area contributed by atoms with E-state index in [4.69, 9.17) is 9.47 Å². The van der Waals surface area contributed by atoms with Crippen molar-refractivity contribution >= 4 is 18.3 Å². The molecule has 200 valence electrons. The van der Waals surface area contributed by atoms with Crippen LogP contribution in [0.15, 0.2) is 30.3 Å². The van der Waals surface area contributed by atoms with E-state index in [-0.39, 0.29) is 30.7 Å². The first kappa shape index (κ1) is 27.6. The van der Waals surface area contributed by atoms with Crippen LogP contribution in [0.2, 0.25) is 0 Å². The predicted molar refractivity (Wildman–Crippen MR) is 136 cm³/mol. The van der Waals surface area contributed by atoms with Crippen molar-refractivity contribution in [2.24, 2.45) is 5.92 Å². The zero-order chi connectivity index (χ0) is 26.1. The maximum atomic E-state index is 12.1. The molecule has 9 nitrogen and oxygen atoms in total. The molecule has 0 unspecified atom stereocenters. The summed E-state index contributed by atoms with van der Waals surface area (Å²) in [7, 11) is 0. The number of rotatable bonds is 7. The first-order valence-corrected chi connectivity index (χ1v) is 13.1. The average molecular weight is 504 g/mol. The minimum atomic E-state index is -0.886. The number of amides is 3. The van der Waals surface area contributed by atoms with E-state index in [1.807, 2.05) is 51.1 Å². The second-order valence-corrected chi connectivity index (χ2v) is 11.0. The number of benzene rings is 1. The molecule has 3 amide bonds. The summed E-state index contributed by atoms with van der Waals surface area (Å²) in [5.74, 6) is 0.275. The molecule has 0 heterocycles. The molecule has 0 bridgehead atoms. The molecule has 3 rings (SSSR count). The van der Waals surface area contributed by atoms with Crippen molar-refractivity contribution in [3.05, 3.63) is 35.9 Å². The highest BCUT2D eigenvalue weighted by Gasteiger charge is 2.33. The van der Waals surface area contributed by atoms with Crippen LogP contribution in [0.1, 0.15) is 77.7 Å². The van der Waals surface area contributed by atoms with E-state index < -0.39 is 23.9 Å². The fourth-order valence-corrected chi connectivity index (χ4v) is 5.09. The van der Waals surface area contributed by atoms with Gasteiger partial charge in [-0.2, -0.15) is 0 Å². The van der Waals surface area contributed by atoms with E-state index in [0.717, 1.165) is 56.9 Å². The summed E-state index contributed by atoms with van der Waals surface area (Å²) in [6, 6.07) is 9.58. The molecule has 0 aromatic heterocycles. The Morgan fingerprint density at radius 2 is 1.44 bits per heavy atom. The lowest BCUT2D eigenvalue weighted by Gasteiger charge is -2.38. The van der Waals surface area contributed by atoms with Crippen LogP contribution in [0, 0.1) is 5.92 Å². The van der Waals surface area contributed by atoms with E-state index in [1.165, 1.54) is 0 Å². The first-order valence-electron chi connectivity index (χ1n) is 13.1. The molecular formula is C27H41N3O6. The molecular weight excluding hydrogens is 462 g/mol. The number of alkyl carbamates (subject to hydrolysis) is 2. The fourth-order valence-electron chi connectivity index (χ4n) is 5.09. The Kier molecular flexibility index (Phi) is 9.84. The SMILES string of the molecule is CC(C)(C)OC(=O)N[C@H]1CC[C@H](N(C[C@H]2CC[C@H](NC(=O)OCc3ccccc3)CC2)C(=O)O)CC1. The van der Waals surface area contributed by atoms with Gasteiger partial charge in [-0.1, -0.05) is 30.3 Å². The number of nitrogens with one attached hydrogen (secondary N) is 2. The Balaban J connectivity index is 1.37. The molecule has 0 saturated heterocycles. The van der Waals surface area contributed by atoms with Gasteiger partial charge in [0.15, 0.2) is 0 Å². The summed E-state index contributed by atoms with van der Waals surface area (Å²) >= 11 is 0. The van der Waals surface area contributed by atoms with Crippen LogP contribution in [-0.2, 0) is 16.1 Å². The standard InChI is InChI=1S/C27H41N3O6/c1-27(2,3)36-25(32)29-22-13-15-23(16-14-22)30(26(33)34)17-19-9-11-21(12-10-19)28-24(31)35-18-20-7-5-4-6-8-20/h4-8,19,21-23H,9-18H2,1-3H3,(H,28,31)(H,29,32)(H,33,34)/t19-,21-,22-,23-. The minimum absolute atomic E-state index is 0.00917. The molecule has 0 aliphatic heterocycles. The maximum Gasteiger partial charge on any atom is 0.407 e. The van der Waals surface area contributed by atoms with Gasteiger partial charge in [-0.05, 0) is 83.6 Å². The summed E-state index contributed by atoms with van der Waals surface area (Å²) in [5.41, 5.74) is 0.401. The molecule has 2 aliphatic rings. The monoisotopic (exact) mass is 503 g/mol. The van der Waals surface area contributed by atoms with Gasteiger partial charge in [0.2, 0.25) is 0 Å². The Hall–Kier alpha value is -2.97. The molecule has 0 atom stereocenters. The minimum Gasteiger partial charge on any atom is -0.465 e. The summed E-state index contributed by atoms with van der Waals surface area (Å²) in [5, 5.41) is 15.7. The Morgan fingerprint density at radius 1 is 0.889 bits per heavy atom. The summed E-state index contributed by atoms with van der Waals surface area (Å²) in [4.78, 5) is 37.8. The fraction of sp³-hybridized carbons (Fsp3) is 0.667. The van der Waals surface area contributed by atoms with Crippen LogP contribution in [0.25, 0.3) is 0 Å². The van der Waals surface area contributed by atoms with E-state index in [1.54, 1.807) is 4.90 Å². The zero-order valence-corrected chi connectivity index (χ0v) is 21.7. The van der Waals surface area contributed by atoms with Crippen molar-refractivity contribution in [2.75, 3.05) is 6.54 Å². The highest BCUT2D eigenvalue weighted by Crippen LogP contribution is 2.29. The van der Waals surface area contributed by atoms with Gasteiger partial charge in [-0.3, -0.25) is 0 Å². The third-order valence-electron chi connectivity index (χ3n) is 6.94. The van der Waals surface area contributed by atoms with E-state index in [0.29, 0.717) is 6.54 Å². The van der Waals surface area contributed by atoms with Gasteiger partial charge < -0.3 is 30.1 Å². The Bertz CT molecular complexity index is 856. The normalized spacial score (nSPS) is 24.3. The summed E-state index contributed by atoms with van der Waals surface area (Å²) in [6.07, 6.45) is 4.53. The van der Waals surface area contributed by atoms with Crippen molar-refractivity contribution in [1.29, 1.82) is 0 Å². The van der Waals surface area contributed by atoms with Gasteiger partial charge >= 0.3 is 18.3 Å². The predicted octanol–water partition coefficient (Wildman–Crippen LogP) is 5.29. The maximum absolute atomic E-state index is 12.1. The number of carbonyl (C=O) groups excluding carboxylic acids is 2. The van der Waals surface area contributed by atoms with Crippen LogP contribution in [0.5, 0.6) is 0 Å². The van der Waals surface area contributed by atoms with Crippen LogP contribution >= 0.6 is 0 Å². The topological polar surface area (TPSA) is 117 Å². The molecule has 36 heavy (non-hydrogen) atoms. The zero-order valence-electron chi connectivity index (χ0n) is 21.7. The highest BCUT2D eigenvalue weighted by molar-refractivity contribution is 5.68. The molecule has 0 radical (unpaired) electrons. The van der Waals surface area contributed by atoms with Gasteiger partial charge in [0.05, 0.1) is 0 Å². The number of carboxylic acid groups (broad SMARTS) is 1. The molecule has 2 aliphatic carbocycles. The van der Waals surface area contributed by atoms with Gasteiger partial charge in [0.25, 0.3) is 0 Å². The summed E-state index contributed by atoms with van der Waals surface area (Å²) in [6.45, 7) is 6.24. The van der Waals surface area contributed by atoms with Crippen LogP contribution in [-0.4, -0.2) is 58.6 Å². The quantitative estimate of drug-likeness (QED) is 0.466. The van der Waals surface area contributed by atoms with E-state index in [2.05, 4.69) is 10.6 Å². The van der Waals surface area contributed by atoms with E-state index >= 15 is 0 Å². The van der Waals surface area contributed by atoms with Gasteiger partial charge in [-0.15, -0.1) is 0 Å². The molecule has 1 aromatic rings. The first-order chi connectivity index (χ1) is 17.1. The molecule has 2 fully saturated rings. The van der Waals surface area contributed by atoms with Gasteiger partial charge in [-0.25, -0.2) is 14.4 Å². The van der Waals surface area contributed by atoms with Crippen molar-refractivity contribution < 1.29 is 29.0 Å². The number of nitrogens with zero attached hydrogens (tertiary/aromatic N) is 1. The lowest BCUT2D eigenvalue weighted by atomic mass is 9.84. The average Bonchev–Trinajstić information content (AvgIpc) is 2.82. The largest absolute Gasteiger partial charge is 0.465 e. The molecule has 1 aromatic carbocycles. The lowest BCUT2D eigenvalue weighted by Crippen LogP contribution is -2.48. The van der Waals surface area contributed by atoms with Crippen molar-refractivity contribution in [2.45, 2.75) is 102 Å². The number of ether oxygens (including phenoxy) is 2. The molecule has 3 N–H and O–H groups in total. The van der Waals surface area contributed by atoms with Gasteiger partial charge in [0.1, 0.15) is 12.2 Å². The third-order valence-corrected chi connectivity index (χ3v) is 6.94. The lowest BCUT2D eigenvalue weighted by molar-refractivity contribution is 0.0466. The van der Waals surface area contributed by atoms with Crippen LogP contribution in [0.4, 0.5) is 14.4 Å². The summed E-state index contributed by atoms with van der Waals surface area (Å²) < 4.78 is 10.7. The Labute approximate surface area is 213 Å². The molecule has 9 heteroatoms. The second-order valence-electron chi connectivity index (χ2n) is 11.0. The number of hydrogen-bond acceptors (Lipinski definition) is 5. The van der Waals surface area contributed by atoms with Crippen LogP contribution < -0.4 is 10.6 Å².